The molecule has 4 aromatic rings. The second-order valence-electron chi connectivity index (χ2n) is 8.73. The summed E-state index contributed by atoms with van der Waals surface area (Å²) in [6.45, 7) is 7.14. The monoisotopic (exact) mass is 447 g/mol. The summed E-state index contributed by atoms with van der Waals surface area (Å²) in [5.74, 6) is -0.0558. The summed E-state index contributed by atoms with van der Waals surface area (Å²) < 4.78 is 7.71. The third kappa shape index (κ3) is 3.48. The topological polar surface area (TPSA) is 73.1 Å². The first-order chi connectivity index (χ1) is 15.3. The molecular weight excluding hydrogens is 426 g/mol. The lowest BCUT2D eigenvalue weighted by Crippen LogP contribution is -2.32. The number of fused-ring (bicyclic) bond motifs is 2. The number of hydrogen-bond donors (Lipinski definition) is 0. The Morgan fingerprint density at radius 2 is 1.84 bits per heavy atom. The molecule has 1 amide bonds. The van der Waals surface area contributed by atoms with Crippen molar-refractivity contribution < 1.29 is 9.53 Å². The van der Waals surface area contributed by atoms with Gasteiger partial charge in [-0.25, -0.2) is 9.97 Å². The van der Waals surface area contributed by atoms with Crippen LogP contribution in [0, 0.1) is 0 Å². The summed E-state index contributed by atoms with van der Waals surface area (Å²) in [6.07, 6.45) is 5.19. The molecular formula is C24H22ClN5O2. The third-order valence-electron chi connectivity index (χ3n) is 5.56. The molecule has 0 aliphatic carbocycles. The fourth-order valence-corrected chi connectivity index (χ4v) is 4.06. The van der Waals surface area contributed by atoms with Crippen molar-refractivity contribution in [3.63, 3.8) is 0 Å². The van der Waals surface area contributed by atoms with Crippen molar-refractivity contribution in [1.29, 1.82) is 0 Å². The number of hydrogen-bond acceptors (Lipinski definition) is 5. The molecule has 1 aliphatic heterocycles. The number of ether oxygens (including phenoxy) is 1. The number of amides is 1. The zero-order valence-corrected chi connectivity index (χ0v) is 18.8. The summed E-state index contributed by atoms with van der Waals surface area (Å²) in [6, 6.07) is 12.1. The Kier molecular flexibility index (Phi) is 4.86. The van der Waals surface area contributed by atoms with Crippen LogP contribution in [0.25, 0.3) is 16.6 Å². The van der Waals surface area contributed by atoms with E-state index in [2.05, 4.69) is 52.4 Å². The second-order valence-corrected chi connectivity index (χ2v) is 9.09. The van der Waals surface area contributed by atoms with Gasteiger partial charge in [-0.3, -0.25) is 9.78 Å². The summed E-state index contributed by atoms with van der Waals surface area (Å²) >= 11 is 6.18. The van der Waals surface area contributed by atoms with E-state index in [1.54, 1.807) is 4.90 Å². The van der Waals surface area contributed by atoms with Crippen LogP contribution in [0.15, 0.2) is 55.1 Å². The van der Waals surface area contributed by atoms with Gasteiger partial charge in [0.2, 0.25) is 5.88 Å². The van der Waals surface area contributed by atoms with E-state index in [4.69, 9.17) is 16.3 Å². The molecule has 4 heterocycles. The van der Waals surface area contributed by atoms with Gasteiger partial charge in [0.05, 0.1) is 23.9 Å². The minimum absolute atomic E-state index is 0.00213. The van der Waals surface area contributed by atoms with Gasteiger partial charge in [-0.1, -0.05) is 32.4 Å². The second kappa shape index (κ2) is 7.60. The summed E-state index contributed by atoms with van der Waals surface area (Å²) in [7, 11) is 0. The molecule has 0 N–H and O–H groups in total. The van der Waals surface area contributed by atoms with Gasteiger partial charge in [0.25, 0.3) is 5.91 Å². The number of aromatic nitrogens is 4. The number of nitrogens with zero attached hydrogens (tertiary/aromatic N) is 5. The maximum absolute atomic E-state index is 13.2. The largest absolute Gasteiger partial charge is 0.475 e. The zero-order valence-electron chi connectivity index (χ0n) is 18.0. The van der Waals surface area contributed by atoms with Crippen LogP contribution in [0.2, 0.25) is 5.15 Å². The number of benzene rings is 1. The predicted octanol–water partition coefficient (Wildman–Crippen LogP) is 4.81. The van der Waals surface area contributed by atoms with Gasteiger partial charge in [0.1, 0.15) is 23.7 Å². The van der Waals surface area contributed by atoms with Gasteiger partial charge in [-0.05, 0) is 36.4 Å². The number of rotatable bonds is 2. The van der Waals surface area contributed by atoms with Crippen molar-refractivity contribution >= 4 is 34.1 Å². The molecule has 5 rings (SSSR count). The van der Waals surface area contributed by atoms with Crippen molar-refractivity contribution in [1.82, 2.24) is 19.5 Å². The average molecular weight is 448 g/mol. The molecule has 0 radical (unpaired) electrons. The lowest BCUT2D eigenvalue weighted by Gasteiger charge is -2.20. The van der Waals surface area contributed by atoms with Crippen molar-refractivity contribution in [2.24, 2.45) is 0 Å². The van der Waals surface area contributed by atoms with Crippen LogP contribution in [0.5, 0.6) is 5.88 Å². The molecule has 1 aromatic carbocycles. The van der Waals surface area contributed by atoms with Crippen LogP contribution in [0.3, 0.4) is 0 Å². The van der Waals surface area contributed by atoms with Gasteiger partial charge in [-0.2, -0.15) is 0 Å². The Balaban J connectivity index is 1.50. The highest BCUT2D eigenvalue weighted by Crippen LogP contribution is 2.31. The standard InChI is InChI=1S/C24H22ClN5O2/c1-24(2,3)19-7-5-17(13-26-19)29-9-8-15-12-16(4-6-18(15)29)30-10-11-32-22-20(23(30)31)21(25)27-14-28-22/h4-9,12-14H,10-11H2,1-3H3. The lowest BCUT2D eigenvalue weighted by molar-refractivity contribution is 0.0989. The fourth-order valence-electron chi connectivity index (χ4n) is 3.85. The number of carbonyl (C=O) groups excluding carboxylic acids is 1. The molecule has 0 saturated heterocycles. The molecule has 7 nitrogen and oxygen atoms in total. The van der Waals surface area contributed by atoms with Crippen LogP contribution in [-0.4, -0.2) is 38.6 Å². The van der Waals surface area contributed by atoms with Gasteiger partial charge >= 0.3 is 0 Å². The Bertz CT molecular complexity index is 1320. The first-order valence-electron chi connectivity index (χ1n) is 10.4. The summed E-state index contributed by atoms with van der Waals surface area (Å²) in [5, 5.41) is 1.10. The molecule has 1 aliphatic rings. The van der Waals surface area contributed by atoms with Crippen LogP contribution < -0.4 is 9.64 Å². The normalized spacial score (nSPS) is 14.2. The number of halogens is 1. The Morgan fingerprint density at radius 1 is 1.03 bits per heavy atom. The molecule has 0 unspecified atom stereocenters. The first kappa shape index (κ1) is 20.5. The van der Waals surface area contributed by atoms with Crippen molar-refractivity contribution in [2.45, 2.75) is 26.2 Å². The quantitative estimate of drug-likeness (QED) is 0.412. The molecule has 0 saturated carbocycles. The number of carbonyl (C=O) groups is 1. The van der Waals surface area contributed by atoms with E-state index in [9.17, 15) is 4.79 Å². The molecule has 162 valence electrons. The maximum atomic E-state index is 13.2. The Hall–Kier alpha value is -3.45. The molecule has 3 aromatic heterocycles. The molecule has 32 heavy (non-hydrogen) atoms. The van der Waals surface area contributed by atoms with Gasteiger partial charge in [0, 0.05) is 28.4 Å². The fraction of sp³-hybridized carbons (Fsp3) is 0.250. The van der Waals surface area contributed by atoms with E-state index in [0.717, 1.165) is 28.0 Å². The van der Waals surface area contributed by atoms with Gasteiger partial charge < -0.3 is 14.2 Å². The average Bonchev–Trinajstić information content (AvgIpc) is 3.11. The minimum atomic E-state index is -0.274. The maximum Gasteiger partial charge on any atom is 0.267 e. The molecule has 0 atom stereocenters. The Labute approximate surface area is 190 Å². The SMILES string of the molecule is CC(C)(C)c1ccc(-n2ccc3cc(N4CCOc5ncnc(Cl)c5C4=O)ccc32)cn1. The molecule has 8 heteroatoms. The van der Waals surface area contributed by atoms with E-state index in [1.807, 2.05) is 36.7 Å². The minimum Gasteiger partial charge on any atom is -0.475 e. The van der Waals surface area contributed by atoms with Crippen molar-refractivity contribution in [3.8, 4) is 11.6 Å². The van der Waals surface area contributed by atoms with Crippen LogP contribution in [-0.2, 0) is 5.41 Å². The smallest absolute Gasteiger partial charge is 0.267 e. The first-order valence-corrected chi connectivity index (χ1v) is 10.7. The predicted molar refractivity (Wildman–Crippen MR) is 124 cm³/mol. The summed E-state index contributed by atoms with van der Waals surface area (Å²) in [5.41, 5.74) is 4.01. The highest BCUT2D eigenvalue weighted by atomic mass is 35.5. The zero-order chi connectivity index (χ0) is 22.5. The van der Waals surface area contributed by atoms with Crippen LogP contribution in [0.1, 0.15) is 36.8 Å². The molecule has 0 bridgehead atoms. The van der Waals surface area contributed by atoms with Crippen molar-refractivity contribution in [3.05, 3.63) is 71.5 Å². The molecule has 0 spiro atoms. The third-order valence-corrected chi connectivity index (χ3v) is 5.85. The summed E-state index contributed by atoms with van der Waals surface area (Å²) in [4.78, 5) is 27.5. The van der Waals surface area contributed by atoms with E-state index >= 15 is 0 Å². The lowest BCUT2D eigenvalue weighted by atomic mass is 9.92. The van der Waals surface area contributed by atoms with Crippen molar-refractivity contribution in [2.75, 3.05) is 18.1 Å². The van der Waals surface area contributed by atoms with E-state index in [-0.39, 0.29) is 27.9 Å². The molecule has 0 fully saturated rings. The van der Waals surface area contributed by atoms with Gasteiger partial charge in [0.15, 0.2) is 0 Å². The van der Waals surface area contributed by atoms with Crippen LogP contribution >= 0.6 is 11.6 Å². The van der Waals surface area contributed by atoms with Gasteiger partial charge in [-0.15, -0.1) is 0 Å². The highest BCUT2D eigenvalue weighted by molar-refractivity contribution is 6.33. The van der Waals surface area contributed by atoms with Crippen LogP contribution in [0.4, 0.5) is 5.69 Å². The van der Waals surface area contributed by atoms with E-state index < -0.39 is 0 Å². The Morgan fingerprint density at radius 3 is 2.59 bits per heavy atom. The number of anilines is 1. The highest BCUT2D eigenvalue weighted by Gasteiger charge is 2.29. The van der Waals surface area contributed by atoms with E-state index in [1.165, 1.54) is 6.33 Å². The number of pyridine rings is 1. The van der Waals surface area contributed by atoms with E-state index in [0.29, 0.717) is 13.2 Å².